The van der Waals surface area contributed by atoms with Crippen LogP contribution in [0.3, 0.4) is 0 Å². The van der Waals surface area contributed by atoms with Crippen LogP contribution in [-0.2, 0) is 0 Å². The first-order chi connectivity index (χ1) is 4.38. The van der Waals surface area contributed by atoms with Crippen molar-refractivity contribution in [1.82, 2.24) is 4.37 Å². The standard InChI is InChI=1S/C5H2ClNS2/c6-3-1-2-4-5(3)8-9-7-4/h1-2H. The maximum atomic E-state index is 5.79. The first-order valence-corrected chi connectivity index (χ1v) is 4.86. The van der Waals surface area contributed by atoms with E-state index in [0.29, 0.717) is 0 Å². The largest absolute Gasteiger partial charge is 0.181 e. The Hall–Kier alpha value is -0.120. The van der Waals surface area contributed by atoms with E-state index >= 15 is 0 Å². The van der Waals surface area contributed by atoms with Gasteiger partial charge in [0.05, 0.1) is 15.6 Å². The minimum atomic E-state index is 0.823. The second-order valence-corrected chi connectivity index (χ2v) is 3.91. The second kappa shape index (κ2) is 1.94. The minimum absolute atomic E-state index is 0.823. The van der Waals surface area contributed by atoms with Crippen LogP contribution in [0.15, 0.2) is 12.1 Å². The summed E-state index contributed by atoms with van der Waals surface area (Å²) in [4.78, 5) is 1.11. The number of nitrogens with zero attached hydrogens (tertiary/aromatic N) is 1. The molecule has 1 aliphatic carbocycles. The van der Waals surface area contributed by atoms with Crippen molar-refractivity contribution in [2.75, 3.05) is 0 Å². The minimum Gasteiger partial charge on any atom is -0.181 e. The summed E-state index contributed by atoms with van der Waals surface area (Å²) in [5.41, 5.74) is 1.02. The summed E-state index contributed by atoms with van der Waals surface area (Å²) in [6.07, 6.45) is 0. The maximum Gasteiger partial charge on any atom is 0.0965 e. The summed E-state index contributed by atoms with van der Waals surface area (Å²) in [5, 5.41) is 0.823. The quantitative estimate of drug-likeness (QED) is 0.561. The van der Waals surface area contributed by atoms with E-state index in [1.807, 2.05) is 12.1 Å². The van der Waals surface area contributed by atoms with E-state index in [2.05, 4.69) is 4.37 Å². The van der Waals surface area contributed by atoms with Gasteiger partial charge in [0.25, 0.3) is 0 Å². The lowest BCUT2D eigenvalue weighted by Crippen LogP contribution is -1.60. The molecule has 9 heavy (non-hydrogen) atoms. The lowest BCUT2D eigenvalue weighted by Gasteiger charge is -1.79. The van der Waals surface area contributed by atoms with Gasteiger partial charge in [-0.3, -0.25) is 0 Å². The van der Waals surface area contributed by atoms with Crippen LogP contribution in [0.4, 0.5) is 0 Å². The number of hydrogen-bond acceptors (Lipinski definition) is 3. The molecule has 0 N–H and O–H groups in total. The van der Waals surface area contributed by atoms with Crippen molar-refractivity contribution in [1.29, 1.82) is 0 Å². The fourth-order valence-electron chi connectivity index (χ4n) is 0.676. The van der Waals surface area contributed by atoms with Crippen LogP contribution in [-0.4, -0.2) is 4.37 Å². The Balaban J connectivity index is 2.79. The summed E-state index contributed by atoms with van der Waals surface area (Å²) < 4.78 is 4.12. The van der Waals surface area contributed by atoms with E-state index in [4.69, 9.17) is 11.6 Å². The molecule has 0 radical (unpaired) electrons. The molecule has 0 saturated heterocycles. The van der Waals surface area contributed by atoms with E-state index in [0.717, 1.165) is 15.6 Å². The third-order valence-corrected chi connectivity index (χ3v) is 3.41. The highest BCUT2D eigenvalue weighted by Gasteiger charge is 2.09. The number of halogens is 1. The molecule has 0 fully saturated rings. The second-order valence-electron chi connectivity index (χ2n) is 1.64. The molecule has 0 aromatic heterocycles. The van der Waals surface area contributed by atoms with Gasteiger partial charge in [0.1, 0.15) is 0 Å². The Morgan fingerprint density at radius 2 is 2.33 bits per heavy atom. The van der Waals surface area contributed by atoms with E-state index in [9.17, 15) is 0 Å². The Morgan fingerprint density at radius 1 is 1.44 bits per heavy atom. The molecule has 1 aliphatic heterocycles. The van der Waals surface area contributed by atoms with Crippen LogP contribution in [0.5, 0.6) is 0 Å². The molecule has 2 aliphatic rings. The lowest BCUT2D eigenvalue weighted by molar-refractivity contribution is 1.59. The summed E-state index contributed by atoms with van der Waals surface area (Å²) in [6, 6.07) is 3.81. The molecule has 0 saturated carbocycles. The third-order valence-electron chi connectivity index (χ3n) is 1.09. The van der Waals surface area contributed by atoms with Crippen molar-refractivity contribution >= 4 is 32.5 Å². The monoisotopic (exact) mass is 175 g/mol. The van der Waals surface area contributed by atoms with Gasteiger partial charge in [0.2, 0.25) is 0 Å². The number of aromatic nitrogens is 1. The van der Waals surface area contributed by atoms with Gasteiger partial charge in [0, 0.05) is 10.5 Å². The molecule has 46 valence electrons. The van der Waals surface area contributed by atoms with Crippen LogP contribution >= 0.6 is 32.5 Å². The van der Waals surface area contributed by atoms with E-state index in [-0.39, 0.29) is 0 Å². The molecule has 0 spiro atoms. The molecule has 1 heterocycles. The zero-order valence-corrected chi connectivity index (χ0v) is 6.69. The van der Waals surface area contributed by atoms with Crippen molar-refractivity contribution < 1.29 is 0 Å². The predicted molar refractivity (Wildman–Crippen MR) is 41.6 cm³/mol. The Morgan fingerprint density at radius 3 is 3.11 bits per heavy atom. The highest BCUT2D eigenvalue weighted by atomic mass is 35.5. The zero-order chi connectivity index (χ0) is 6.27. The fraction of sp³-hybridized carbons (Fsp3) is 0. The molecule has 0 amide bonds. The van der Waals surface area contributed by atoms with Crippen LogP contribution in [0.1, 0.15) is 0 Å². The number of fused-ring (bicyclic) bond motifs is 1. The summed E-state index contributed by atoms with van der Waals surface area (Å²) in [7, 11) is 3.10. The van der Waals surface area contributed by atoms with Gasteiger partial charge in [-0.15, -0.1) is 0 Å². The van der Waals surface area contributed by atoms with Crippen molar-refractivity contribution in [3.8, 4) is 10.6 Å². The summed E-state index contributed by atoms with van der Waals surface area (Å²) >= 11 is 5.79. The SMILES string of the molecule is Clc1ccc2nssc1-2. The third kappa shape index (κ3) is 0.764. The highest BCUT2D eigenvalue weighted by Crippen LogP contribution is 2.36. The van der Waals surface area contributed by atoms with Crippen LogP contribution in [0.2, 0.25) is 5.02 Å². The smallest absolute Gasteiger partial charge is 0.0965 e. The van der Waals surface area contributed by atoms with Gasteiger partial charge in [-0.2, -0.15) is 4.37 Å². The van der Waals surface area contributed by atoms with E-state index in [1.165, 1.54) is 10.5 Å². The molecule has 0 aromatic carbocycles. The van der Waals surface area contributed by atoms with E-state index in [1.54, 1.807) is 10.3 Å². The first kappa shape index (κ1) is 5.65. The molecule has 1 nitrogen and oxygen atoms in total. The molecule has 0 aromatic rings. The molecular weight excluding hydrogens is 174 g/mol. The van der Waals surface area contributed by atoms with Crippen molar-refractivity contribution in [2.24, 2.45) is 0 Å². The Labute approximate surface area is 64.8 Å². The topological polar surface area (TPSA) is 12.9 Å². The molecule has 2 rings (SSSR count). The average molecular weight is 176 g/mol. The van der Waals surface area contributed by atoms with Crippen molar-refractivity contribution in [3.63, 3.8) is 0 Å². The van der Waals surface area contributed by atoms with Gasteiger partial charge in [-0.05, 0) is 12.1 Å². The van der Waals surface area contributed by atoms with Gasteiger partial charge >= 0.3 is 0 Å². The van der Waals surface area contributed by atoms with Gasteiger partial charge in [-0.25, -0.2) is 0 Å². The van der Waals surface area contributed by atoms with Crippen LogP contribution < -0.4 is 0 Å². The predicted octanol–water partition coefficient (Wildman–Crippen LogP) is 2.96. The van der Waals surface area contributed by atoms with Gasteiger partial charge < -0.3 is 0 Å². The van der Waals surface area contributed by atoms with Crippen LogP contribution in [0.25, 0.3) is 10.6 Å². The molecule has 0 atom stereocenters. The van der Waals surface area contributed by atoms with Crippen molar-refractivity contribution in [2.45, 2.75) is 0 Å². The maximum absolute atomic E-state index is 5.79. The number of rotatable bonds is 0. The molecule has 4 heteroatoms. The van der Waals surface area contributed by atoms with Gasteiger partial charge in [-0.1, -0.05) is 21.9 Å². The van der Waals surface area contributed by atoms with Crippen LogP contribution in [0, 0.1) is 0 Å². The van der Waals surface area contributed by atoms with Gasteiger partial charge in [0.15, 0.2) is 0 Å². The molecule has 0 bridgehead atoms. The lowest BCUT2D eigenvalue weighted by atomic mass is 10.5. The molecule has 0 unspecified atom stereocenters. The zero-order valence-electron chi connectivity index (χ0n) is 4.30. The van der Waals surface area contributed by atoms with E-state index < -0.39 is 0 Å². The number of hydrogen-bond donors (Lipinski definition) is 0. The average Bonchev–Trinajstić information content (AvgIpc) is 2.35. The Kier molecular flexibility index (Phi) is 1.22. The fourth-order valence-corrected chi connectivity index (χ4v) is 2.94. The summed E-state index contributed by atoms with van der Waals surface area (Å²) in [5.74, 6) is 0. The summed E-state index contributed by atoms with van der Waals surface area (Å²) in [6.45, 7) is 0. The highest BCUT2D eigenvalue weighted by molar-refractivity contribution is 7.68. The Bertz CT molecular complexity index is 287. The molecular formula is C5H2ClNS2. The van der Waals surface area contributed by atoms with Crippen molar-refractivity contribution in [3.05, 3.63) is 17.2 Å². The first-order valence-electron chi connectivity index (χ1n) is 2.38. The normalized spacial score (nSPS) is 10.8.